The summed E-state index contributed by atoms with van der Waals surface area (Å²) in [6.07, 6.45) is -0.665. The molecule has 0 fully saturated rings. The monoisotopic (exact) mass is 470 g/mol. The van der Waals surface area contributed by atoms with Crippen molar-refractivity contribution in [3.05, 3.63) is 138 Å². The molecule has 170 valence electrons. The number of ether oxygens (including phenoxy) is 2. The molecule has 4 aromatic rings. The van der Waals surface area contributed by atoms with E-state index < -0.39 is 23.2 Å². The molecule has 0 radical (unpaired) electrons. The predicted octanol–water partition coefficient (Wildman–Crippen LogP) is 6.45. The van der Waals surface area contributed by atoms with Gasteiger partial charge in [0.15, 0.2) is 12.0 Å². The number of carbonyl (C=O) groups is 2. The predicted molar refractivity (Wildman–Crippen MR) is 132 cm³/mol. The first-order valence-electron chi connectivity index (χ1n) is 10.9. The maximum Gasteiger partial charge on any atom is 0.323 e. The van der Waals surface area contributed by atoms with Crippen molar-refractivity contribution in [2.45, 2.75) is 18.6 Å². The molecule has 0 spiro atoms. The van der Waals surface area contributed by atoms with E-state index in [2.05, 4.69) is 0 Å². The van der Waals surface area contributed by atoms with Crippen LogP contribution < -0.4 is 4.74 Å². The second kappa shape index (κ2) is 11.3. The van der Waals surface area contributed by atoms with Crippen LogP contribution >= 0.6 is 11.6 Å². The summed E-state index contributed by atoms with van der Waals surface area (Å²) in [6, 6.07) is 35.3. The molecule has 34 heavy (non-hydrogen) atoms. The molecule has 4 rings (SSSR count). The first-order valence-corrected chi connectivity index (χ1v) is 11.3. The summed E-state index contributed by atoms with van der Waals surface area (Å²) in [7, 11) is 0. The zero-order chi connectivity index (χ0) is 23.8. The Hall–Kier alpha value is -3.89. The lowest BCUT2D eigenvalue weighted by molar-refractivity contribution is -0.150. The van der Waals surface area contributed by atoms with E-state index >= 15 is 0 Å². The van der Waals surface area contributed by atoms with Gasteiger partial charge in [0, 0.05) is 0 Å². The molecule has 4 aromatic carbocycles. The van der Waals surface area contributed by atoms with E-state index in [9.17, 15) is 9.59 Å². The van der Waals surface area contributed by atoms with Gasteiger partial charge < -0.3 is 9.47 Å². The van der Waals surface area contributed by atoms with E-state index in [0.29, 0.717) is 17.9 Å². The van der Waals surface area contributed by atoms with Gasteiger partial charge in [0.2, 0.25) is 5.24 Å². The van der Waals surface area contributed by atoms with E-state index in [1.165, 1.54) is 0 Å². The standard InChI is InChI=1S/C29H23ClO4/c30-28(31)26(22-16-18-25(19-17-22)33-20-21-10-4-1-5-11-21)29(32)34-27(23-12-6-2-7-13-23)24-14-8-3-9-15-24/h1-19,26-27H,20H2. The minimum atomic E-state index is -1.25. The molecule has 0 aliphatic rings. The maximum absolute atomic E-state index is 13.2. The molecule has 0 aliphatic heterocycles. The molecule has 0 amide bonds. The molecule has 0 aliphatic carbocycles. The minimum Gasteiger partial charge on any atom is -0.489 e. The summed E-state index contributed by atoms with van der Waals surface area (Å²) in [5.74, 6) is -1.34. The van der Waals surface area contributed by atoms with Gasteiger partial charge >= 0.3 is 5.97 Å². The molecule has 0 saturated heterocycles. The number of carbonyl (C=O) groups excluding carboxylic acids is 2. The SMILES string of the molecule is O=C(Cl)C(C(=O)OC(c1ccccc1)c1ccccc1)c1ccc(OCc2ccccc2)cc1. The van der Waals surface area contributed by atoms with Crippen LogP contribution in [0.2, 0.25) is 0 Å². The lowest BCUT2D eigenvalue weighted by atomic mass is 9.98. The van der Waals surface area contributed by atoms with Crippen molar-refractivity contribution < 1.29 is 19.1 Å². The molecular weight excluding hydrogens is 448 g/mol. The smallest absolute Gasteiger partial charge is 0.323 e. The molecular formula is C29H23ClO4. The Morgan fingerprint density at radius 3 is 1.65 bits per heavy atom. The quantitative estimate of drug-likeness (QED) is 0.160. The second-order valence-corrected chi connectivity index (χ2v) is 8.09. The Kier molecular flexibility index (Phi) is 7.74. The van der Waals surface area contributed by atoms with Crippen LogP contribution in [0.1, 0.15) is 34.3 Å². The van der Waals surface area contributed by atoms with Gasteiger partial charge in [0.05, 0.1) is 0 Å². The number of esters is 1. The minimum absolute atomic E-state index is 0.413. The van der Waals surface area contributed by atoms with Gasteiger partial charge in [-0.2, -0.15) is 0 Å². The maximum atomic E-state index is 13.2. The fraction of sp³-hybridized carbons (Fsp3) is 0.103. The molecule has 0 aromatic heterocycles. The second-order valence-electron chi connectivity index (χ2n) is 7.72. The molecule has 0 heterocycles. The van der Waals surface area contributed by atoms with E-state index in [0.717, 1.165) is 16.7 Å². The number of benzene rings is 4. The molecule has 1 atom stereocenters. The third kappa shape index (κ3) is 5.91. The van der Waals surface area contributed by atoms with Crippen molar-refractivity contribution in [3.8, 4) is 5.75 Å². The molecule has 5 heteroatoms. The zero-order valence-electron chi connectivity index (χ0n) is 18.3. The largest absolute Gasteiger partial charge is 0.489 e. The van der Waals surface area contributed by atoms with Crippen LogP contribution in [0, 0.1) is 0 Å². The fourth-order valence-corrected chi connectivity index (χ4v) is 3.84. The summed E-state index contributed by atoms with van der Waals surface area (Å²) in [4.78, 5) is 25.4. The van der Waals surface area contributed by atoms with E-state index in [4.69, 9.17) is 21.1 Å². The first kappa shape index (κ1) is 23.3. The van der Waals surface area contributed by atoms with Crippen molar-refractivity contribution >= 4 is 22.8 Å². The lowest BCUT2D eigenvalue weighted by Gasteiger charge is -2.21. The Balaban J connectivity index is 1.52. The summed E-state index contributed by atoms with van der Waals surface area (Å²) >= 11 is 5.86. The Morgan fingerprint density at radius 1 is 0.647 bits per heavy atom. The summed E-state index contributed by atoms with van der Waals surface area (Å²) < 4.78 is 11.7. The van der Waals surface area contributed by atoms with Gasteiger partial charge in [-0.05, 0) is 46.0 Å². The number of hydrogen-bond donors (Lipinski definition) is 0. The lowest BCUT2D eigenvalue weighted by Crippen LogP contribution is -2.23. The molecule has 4 nitrogen and oxygen atoms in total. The van der Waals surface area contributed by atoms with Crippen LogP contribution in [0.15, 0.2) is 115 Å². The van der Waals surface area contributed by atoms with Crippen molar-refractivity contribution in [2.75, 3.05) is 0 Å². The Bertz CT molecular complexity index is 1170. The van der Waals surface area contributed by atoms with Gasteiger partial charge in [-0.1, -0.05) is 103 Å². The highest BCUT2D eigenvalue weighted by atomic mass is 35.5. The van der Waals surface area contributed by atoms with Gasteiger partial charge in [-0.15, -0.1) is 0 Å². The fourth-order valence-electron chi connectivity index (χ4n) is 3.63. The van der Waals surface area contributed by atoms with Crippen LogP contribution in [0.4, 0.5) is 0 Å². The third-order valence-electron chi connectivity index (χ3n) is 5.36. The first-order chi connectivity index (χ1) is 16.6. The van der Waals surface area contributed by atoms with Crippen molar-refractivity contribution in [1.29, 1.82) is 0 Å². The van der Waals surface area contributed by atoms with E-state index in [1.807, 2.05) is 91.0 Å². The van der Waals surface area contributed by atoms with Crippen molar-refractivity contribution in [2.24, 2.45) is 0 Å². The van der Waals surface area contributed by atoms with E-state index in [1.54, 1.807) is 24.3 Å². The topological polar surface area (TPSA) is 52.6 Å². The summed E-state index contributed by atoms with van der Waals surface area (Å²) in [5.41, 5.74) is 3.08. The summed E-state index contributed by atoms with van der Waals surface area (Å²) in [5, 5.41) is -0.803. The van der Waals surface area contributed by atoms with Gasteiger partial charge in [0.1, 0.15) is 12.4 Å². The Morgan fingerprint density at radius 2 is 1.15 bits per heavy atom. The zero-order valence-corrected chi connectivity index (χ0v) is 19.1. The van der Waals surface area contributed by atoms with Gasteiger partial charge in [-0.3, -0.25) is 9.59 Å². The average molecular weight is 471 g/mol. The number of rotatable bonds is 9. The number of halogens is 1. The summed E-state index contributed by atoms with van der Waals surface area (Å²) in [6.45, 7) is 0.413. The van der Waals surface area contributed by atoms with Crippen molar-refractivity contribution in [3.63, 3.8) is 0 Å². The highest BCUT2D eigenvalue weighted by Gasteiger charge is 2.31. The third-order valence-corrected chi connectivity index (χ3v) is 5.58. The van der Waals surface area contributed by atoms with Crippen LogP contribution in [0.25, 0.3) is 0 Å². The average Bonchev–Trinajstić information content (AvgIpc) is 2.88. The van der Waals surface area contributed by atoms with Crippen molar-refractivity contribution in [1.82, 2.24) is 0 Å². The van der Waals surface area contributed by atoms with E-state index in [-0.39, 0.29) is 0 Å². The molecule has 0 saturated carbocycles. The molecule has 0 N–H and O–H groups in total. The van der Waals surface area contributed by atoms with Crippen LogP contribution in [-0.4, -0.2) is 11.2 Å². The molecule has 1 unspecified atom stereocenters. The van der Waals surface area contributed by atoms with Gasteiger partial charge in [0.25, 0.3) is 0 Å². The highest BCUT2D eigenvalue weighted by molar-refractivity contribution is 6.66. The highest BCUT2D eigenvalue weighted by Crippen LogP contribution is 2.30. The van der Waals surface area contributed by atoms with Crippen LogP contribution in [-0.2, 0) is 20.9 Å². The normalized spacial score (nSPS) is 11.6. The van der Waals surface area contributed by atoms with Crippen LogP contribution in [0.3, 0.4) is 0 Å². The number of hydrogen-bond acceptors (Lipinski definition) is 4. The molecule has 0 bridgehead atoms. The van der Waals surface area contributed by atoms with Gasteiger partial charge in [-0.25, -0.2) is 0 Å². The van der Waals surface area contributed by atoms with Crippen LogP contribution in [0.5, 0.6) is 5.75 Å². The Labute approximate surface area is 203 Å².